The van der Waals surface area contributed by atoms with Gasteiger partial charge in [-0.05, 0) is 31.2 Å². The molecule has 1 rings (SSSR count). The van der Waals surface area contributed by atoms with Gasteiger partial charge in [0.05, 0.1) is 6.61 Å². The van der Waals surface area contributed by atoms with Gasteiger partial charge in [0.25, 0.3) is 0 Å². The lowest BCUT2D eigenvalue weighted by molar-refractivity contribution is -0.0500. The van der Waals surface area contributed by atoms with Crippen LogP contribution < -0.4 is 5.32 Å². The van der Waals surface area contributed by atoms with Crippen LogP contribution in [0.3, 0.4) is 0 Å². The predicted octanol–water partition coefficient (Wildman–Crippen LogP) is 3.07. The Hall–Kier alpha value is -0.0800. The number of rotatable bonds is 5. The van der Waals surface area contributed by atoms with E-state index in [1.807, 2.05) is 7.11 Å². The fraction of sp³-hybridized carbons (Fsp3) is 1.00. The summed E-state index contributed by atoms with van der Waals surface area (Å²) in [6.45, 7) is 9.03. The van der Waals surface area contributed by atoms with E-state index in [2.05, 4.69) is 33.1 Å². The first-order valence-corrected chi connectivity index (χ1v) is 6.61. The van der Waals surface area contributed by atoms with Gasteiger partial charge < -0.3 is 10.1 Å². The molecule has 0 spiro atoms. The molecule has 0 aromatic rings. The Bertz CT molecular complexity index is 195. The molecule has 0 aromatic heterocycles. The lowest BCUT2D eigenvalue weighted by Crippen LogP contribution is -2.51. The summed E-state index contributed by atoms with van der Waals surface area (Å²) >= 11 is 0. The average molecular weight is 227 g/mol. The maximum Gasteiger partial charge on any atom is 0.0538 e. The molecule has 0 saturated heterocycles. The summed E-state index contributed by atoms with van der Waals surface area (Å²) in [6, 6.07) is 0. The molecule has 0 amide bonds. The van der Waals surface area contributed by atoms with Crippen molar-refractivity contribution in [1.82, 2.24) is 5.32 Å². The van der Waals surface area contributed by atoms with E-state index in [1.165, 1.54) is 25.7 Å². The zero-order valence-electron chi connectivity index (χ0n) is 11.7. The van der Waals surface area contributed by atoms with Gasteiger partial charge in [-0.1, -0.05) is 33.6 Å². The minimum absolute atomic E-state index is 0.285. The van der Waals surface area contributed by atoms with Crippen molar-refractivity contribution in [2.24, 2.45) is 16.7 Å². The van der Waals surface area contributed by atoms with Crippen molar-refractivity contribution in [2.75, 3.05) is 27.3 Å². The van der Waals surface area contributed by atoms with Crippen LogP contribution in [-0.2, 0) is 4.74 Å². The molecule has 1 fully saturated rings. The van der Waals surface area contributed by atoms with E-state index in [9.17, 15) is 0 Å². The highest BCUT2D eigenvalue weighted by Gasteiger charge is 2.48. The van der Waals surface area contributed by atoms with Crippen molar-refractivity contribution in [3.8, 4) is 0 Å². The van der Waals surface area contributed by atoms with Gasteiger partial charge in [-0.3, -0.25) is 0 Å². The van der Waals surface area contributed by atoms with E-state index in [4.69, 9.17) is 4.74 Å². The van der Waals surface area contributed by atoms with E-state index in [0.29, 0.717) is 5.41 Å². The molecule has 16 heavy (non-hydrogen) atoms. The maximum atomic E-state index is 5.56. The largest absolute Gasteiger partial charge is 0.384 e. The Morgan fingerprint density at radius 2 is 1.75 bits per heavy atom. The summed E-state index contributed by atoms with van der Waals surface area (Å²) in [5.74, 6) is 0.819. The zero-order valence-corrected chi connectivity index (χ0v) is 11.7. The topological polar surface area (TPSA) is 21.3 Å². The Kier molecular flexibility index (Phi) is 4.81. The molecule has 1 aliphatic rings. The number of methoxy groups -OCH3 is 1. The summed E-state index contributed by atoms with van der Waals surface area (Å²) in [5.41, 5.74) is 0.577. The van der Waals surface area contributed by atoms with Gasteiger partial charge >= 0.3 is 0 Å². The Labute approximate surface area is 101 Å². The van der Waals surface area contributed by atoms with Gasteiger partial charge in [0.1, 0.15) is 0 Å². The smallest absolute Gasteiger partial charge is 0.0538 e. The molecular weight excluding hydrogens is 198 g/mol. The molecule has 2 heteroatoms. The van der Waals surface area contributed by atoms with Crippen molar-refractivity contribution in [1.29, 1.82) is 0 Å². The first-order chi connectivity index (χ1) is 7.48. The van der Waals surface area contributed by atoms with Crippen LogP contribution in [0.5, 0.6) is 0 Å². The second-order valence-electron chi connectivity index (χ2n) is 6.35. The predicted molar refractivity (Wildman–Crippen MR) is 69.6 cm³/mol. The van der Waals surface area contributed by atoms with Crippen LogP contribution in [0.2, 0.25) is 0 Å². The molecule has 1 aliphatic carbocycles. The summed E-state index contributed by atoms with van der Waals surface area (Å²) in [7, 11) is 3.90. The lowest BCUT2D eigenvalue weighted by atomic mass is 9.59. The monoisotopic (exact) mass is 227 g/mol. The Morgan fingerprint density at radius 1 is 1.19 bits per heavy atom. The average Bonchev–Trinajstić information content (AvgIpc) is 2.68. The molecule has 0 heterocycles. The summed E-state index contributed by atoms with van der Waals surface area (Å²) < 4.78 is 5.56. The van der Waals surface area contributed by atoms with Crippen LogP contribution in [-0.4, -0.2) is 27.3 Å². The van der Waals surface area contributed by atoms with Gasteiger partial charge in [-0.2, -0.15) is 0 Å². The highest BCUT2D eigenvalue weighted by atomic mass is 16.5. The fourth-order valence-corrected chi connectivity index (χ4v) is 3.46. The Morgan fingerprint density at radius 3 is 2.12 bits per heavy atom. The molecule has 0 aromatic carbocycles. The van der Waals surface area contributed by atoms with E-state index in [-0.39, 0.29) is 5.41 Å². The van der Waals surface area contributed by atoms with Crippen molar-refractivity contribution < 1.29 is 4.74 Å². The first-order valence-electron chi connectivity index (χ1n) is 6.61. The standard InChI is InChI=1S/C14H29NO/c1-13(2,3)14(10-15-4,11-16-5)12-8-6-7-9-12/h12,15H,6-11H2,1-5H3. The van der Waals surface area contributed by atoms with Crippen LogP contribution in [0.25, 0.3) is 0 Å². The number of ether oxygens (including phenoxy) is 1. The van der Waals surface area contributed by atoms with Crippen LogP contribution in [0, 0.1) is 16.7 Å². The third-order valence-electron chi connectivity index (χ3n) is 4.52. The van der Waals surface area contributed by atoms with Crippen LogP contribution >= 0.6 is 0 Å². The van der Waals surface area contributed by atoms with Crippen molar-refractivity contribution in [3.05, 3.63) is 0 Å². The molecule has 0 aliphatic heterocycles. The third kappa shape index (κ3) is 2.60. The minimum Gasteiger partial charge on any atom is -0.384 e. The molecule has 2 nitrogen and oxygen atoms in total. The highest BCUT2D eigenvalue weighted by molar-refractivity contribution is 4.98. The number of hydrogen-bond donors (Lipinski definition) is 1. The molecule has 1 unspecified atom stereocenters. The van der Waals surface area contributed by atoms with Gasteiger partial charge in [-0.15, -0.1) is 0 Å². The Balaban J connectivity index is 2.94. The van der Waals surface area contributed by atoms with Crippen molar-refractivity contribution >= 4 is 0 Å². The fourth-order valence-electron chi connectivity index (χ4n) is 3.46. The van der Waals surface area contributed by atoms with Gasteiger partial charge in [0, 0.05) is 19.1 Å². The van der Waals surface area contributed by atoms with Crippen LogP contribution in [0.1, 0.15) is 46.5 Å². The first kappa shape index (κ1) is 14.0. The molecule has 1 N–H and O–H groups in total. The normalized spacial score (nSPS) is 22.3. The van der Waals surface area contributed by atoms with Crippen LogP contribution in [0.4, 0.5) is 0 Å². The number of nitrogens with one attached hydrogen (secondary N) is 1. The molecule has 96 valence electrons. The lowest BCUT2D eigenvalue weighted by Gasteiger charge is -2.49. The van der Waals surface area contributed by atoms with Crippen molar-refractivity contribution in [2.45, 2.75) is 46.5 Å². The van der Waals surface area contributed by atoms with E-state index < -0.39 is 0 Å². The number of hydrogen-bond acceptors (Lipinski definition) is 2. The van der Waals surface area contributed by atoms with Crippen molar-refractivity contribution in [3.63, 3.8) is 0 Å². The highest BCUT2D eigenvalue weighted by Crippen LogP contribution is 2.50. The molecular formula is C14H29NO. The SMILES string of the molecule is CNCC(COC)(C1CCCC1)C(C)(C)C. The second kappa shape index (κ2) is 5.50. The van der Waals surface area contributed by atoms with Gasteiger partial charge in [0.15, 0.2) is 0 Å². The van der Waals surface area contributed by atoms with E-state index in [0.717, 1.165) is 19.1 Å². The maximum absolute atomic E-state index is 5.56. The zero-order chi connectivity index (χ0) is 12.2. The molecule has 1 saturated carbocycles. The summed E-state index contributed by atoms with van der Waals surface area (Å²) in [5, 5.41) is 3.40. The minimum atomic E-state index is 0.285. The molecule has 0 radical (unpaired) electrons. The molecule has 0 bridgehead atoms. The molecule has 1 atom stereocenters. The third-order valence-corrected chi connectivity index (χ3v) is 4.52. The quantitative estimate of drug-likeness (QED) is 0.779. The second-order valence-corrected chi connectivity index (χ2v) is 6.35. The van der Waals surface area contributed by atoms with E-state index >= 15 is 0 Å². The van der Waals surface area contributed by atoms with Gasteiger partial charge in [-0.25, -0.2) is 0 Å². The van der Waals surface area contributed by atoms with E-state index in [1.54, 1.807) is 0 Å². The van der Waals surface area contributed by atoms with Crippen LogP contribution in [0.15, 0.2) is 0 Å². The summed E-state index contributed by atoms with van der Waals surface area (Å²) in [4.78, 5) is 0. The van der Waals surface area contributed by atoms with Gasteiger partial charge in [0.2, 0.25) is 0 Å². The summed E-state index contributed by atoms with van der Waals surface area (Å²) in [6.07, 6.45) is 5.55.